The molecule has 2 rings (SSSR count). The summed E-state index contributed by atoms with van der Waals surface area (Å²) in [5.41, 5.74) is 2.86. The molecule has 0 atom stereocenters. The monoisotopic (exact) mass is 346 g/mol. The molecule has 1 aromatic carbocycles. The Balaban J connectivity index is 1.99. The molecule has 1 heterocycles. The Hall–Kier alpha value is -1.35. The van der Waals surface area contributed by atoms with Gasteiger partial charge in [-0.05, 0) is 69.3 Å². The third kappa shape index (κ3) is 6.81. The summed E-state index contributed by atoms with van der Waals surface area (Å²) < 4.78 is 13.3. The lowest BCUT2D eigenvalue weighted by atomic mass is 9.91. The average Bonchev–Trinajstić information content (AvgIpc) is 2.55. The molecule has 0 aromatic heterocycles. The van der Waals surface area contributed by atoms with Crippen molar-refractivity contribution in [3.8, 4) is 0 Å². The minimum absolute atomic E-state index is 0.164. The van der Waals surface area contributed by atoms with Gasteiger partial charge < -0.3 is 9.80 Å². The van der Waals surface area contributed by atoms with E-state index in [0.29, 0.717) is 11.5 Å². The maximum atomic E-state index is 13.3. The van der Waals surface area contributed by atoms with Gasteiger partial charge in [0, 0.05) is 31.4 Å². The van der Waals surface area contributed by atoms with Crippen LogP contribution in [0.4, 0.5) is 10.1 Å². The zero-order valence-electron chi connectivity index (χ0n) is 16.7. The van der Waals surface area contributed by atoms with Crippen LogP contribution in [0, 0.1) is 11.2 Å². The molecule has 0 N–H and O–H groups in total. The number of nitrogens with zero attached hydrogens (tertiary/aromatic N) is 2. The summed E-state index contributed by atoms with van der Waals surface area (Å²) in [6, 6.07) is 7.51. The lowest BCUT2D eigenvalue weighted by Gasteiger charge is -2.40. The molecule has 1 aliphatic rings. The first-order chi connectivity index (χ1) is 11.7. The molecule has 0 bridgehead atoms. The Bertz CT molecular complexity index is 544. The molecule has 0 aliphatic carbocycles. The summed E-state index contributed by atoms with van der Waals surface area (Å²) in [7, 11) is 0. The Morgan fingerprint density at radius 1 is 1.16 bits per heavy atom. The van der Waals surface area contributed by atoms with Crippen LogP contribution in [0.1, 0.15) is 53.9 Å². The van der Waals surface area contributed by atoms with E-state index in [1.165, 1.54) is 31.4 Å². The SMILES string of the molecule is CC(C)=CCN(c1ccc(F)cc1)C1CCN(CCC(C)(C)C)CC1. The number of anilines is 1. The van der Waals surface area contributed by atoms with Crippen LogP contribution >= 0.6 is 0 Å². The summed E-state index contributed by atoms with van der Waals surface area (Å²) in [4.78, 5) is 5.05. The number of rotatable bonds is 6. The third-order valence-electron chi connectivity index (χ3n) is 5.03. The zero-order valence-corrected chi connectivity index (χ0v) is 16.7. The summed E-state index contributed by atoms with van der Waals surface area (Å²) in [6.07, 6.45) is 5.88. The van der Waals surface area contributed by atoms with Crippen LogP contribution in [0.5, 0.6) is 0 Å². The highest BCUT2D eigenvalue weighted by Gasteiger charge is 2.25. The Morgan fingerprint density at radius 2 is 1.76 bits per heavy atom. The molecule has 2 nitrogen and oxygen atoms in total. The fourth-order valence-electron chi connectivity index (χ4n) is 3.33. The molecular weight excluding hydrogens is 311 g/mol. The second-order valence-electron chi connectivity index (χ2n) is 8.79. The van der Waals surface area contributed by atoms with E-state index in [1.807, 2.05) is 12.1 Å². The predicted molar refractivity (Wildman–Crippen MR) is 107 cm³/mol. The highest BCUT2D eigenvalue weighted by atomic mass is 19.1. The van der Waals surface area contributed by atoms with Gasteiger partial charge in [0.1, 0.15) is 5.82 Å². The maximum Gasteiger partial charge on any atom is 0.123 e. The number of piperidine rings is 1. The molecule has 0 unspecified atom stereocenters. The summed E-state index contributed by atoms with van der Waals surface area (Å²) in [6.45, 7) is 15.6. The molecule has 1 aromatic rings. The molecule has 0 radical (unpaired) electrons. The van der Waals surface area contributed by atoms with E-state index in [1.54, 1.807) is 12.1 Å². The topological polar surface area (TPSA) is 6.48 Å². The third-order valence-corrected chi connectivity index (χ3v) is 5.03. The molecule has 25 heavy (non-hydrogen) atoms. The number of hydrogen-bond acceptors (Lipinski definition) is 2. The van der Waals surface area contributed by atoms with Crippen molar-refractivity contribution < 1.29 is 4.39 Å². The molecular formula is C22H35FN2. The molecule has 0 amide bonds. The summed E-state index contributed by atoms with van der Waals surface area (Å²) in [5.74, 6) is -0.164. The molecule has 140 valence electrons. The van der Waals surface area contributed by atoms with Crippen LogP contribution in [0.2, 0.25) is 0 Å². The average molecular weight is 347 g/mol. The van der Waals surface area contributed by atoms with E-state index in [4.69, 9.17) is 0 Å². The van der Waals surface area contributed by atoms with Gasteiger partial charge in [-0.15, -0.1) is 0 Å². The first-order valence-corrected chi connectivity index (χ1v) is 9.62. The van der Waals surface area contributed by atoms with Crippen molar-refractivity contribution in [3.63, 3.8) is 0 Å². The minimum Gasteiger partial charge on any atom is -0.365 e. The van der Waals surface area contributed by atoms with Gasteiger partial charge in [-0.1, -0.05) is 32.4 Å². The van der Waals surface area contributed by atoms with Gasteiger partial charge >= 0.3 is 0 Å². The van der Waals surface area contributed by atoms with Crippen LogP contribution in [-0.2, 0) is 0 Å². The Labute approximate surface area is 153 Å². The Morgan fingerprint density at radius 3 is 2.28 bits per heavy atom. The first kappa shape index (κ1) is 20.0. The standard InChI is InChI=1S/C22H35FN2/c1-18(2)10-16-25(20-8-6-19(23)7-9-20)21-11-14-24(15-12-21)17-13-22(3,4)5/h6-10,21H,11-17H2,1-5H3. The second kappa shape index (κ2) is 8.84. The van der Waals surface area contributed by atoms with E-state index in [-0.39, 0.29) is 5.82 Å². The van der Waals surface area contributed by atoms with Crippen molar-refractivity contribution >= 4 is 5.69 Å². The highest BCUT2D eigenvalue weighted by molar-refractivity contribution is 5.48. The number of hydrogen-bond donors (Lipinski definition) is 0. The van der Waals surface area contributed by atoms with E-state index >= 15 is 0 Å². The quantitative estimate of drug-likeness (QED) is 0.628. The zero-order chi connectivity index (χ0) is 18.4. The van der Waals surface area contributed by atoms with Gasteiger partial charge in [-0.25, -0.2) is 4.39 Å². The van der Waals surface area contributed by atoms with Crippen molar-refractivity contribution in [1.29, 1.82) is 0 Å². The highest BCUT2D eigenvalue weighted by Crippen LogP contribution is 2.26. The van der Waals surface area contributed by atoms with Gasteiger partial charge in [0.15, 0.2) is 0 Å². The van der Waals surface area contributed by atoms with Crippen LogP contribution in [-0.4, -0.2) is 37.1 Å². The van der Waals surface area contributed by atoms with E-state index in [0.717, 1.165) is 25.3 Å². The normalized spacial score (nSPS) is 16.7. The molecule has 1 fully saturated rings. The van der Waals surface area contributed by atoms with Crippen LogP contribution in [0.3, 0.4) is 0 Å². The molecule has 1 saturated heterocycles. The lowest BCUT2D eigenvalue weighted by molar-refractivity contribution is 0.183. The minimum atomic E-state index is -0.164. The first-order valence-electron chi connectivity index (χ1n) is 9.62. The van der Waals surface area contributed by atoms with E-state index < -0.39 is 0 Å². The van der Waals surface area contributed by atoms with Crippen molar-refractivity contribution in [2.45, 2.75) is 59.9 Å². The van der Waals surface area contributed by atoms with Gasteiger partial charge in [0.25, 0.3) is 0 Å². The van der Waals surface area contributed by atoms with Crippen molar-refractivity contribution in [3.05, 3.63) is 41.7 Å². The largest absolute Gasteiger partial charge is 0.365 e. The summed E-state index contributed by atoms with van der Waals surface area (Å²) in [5, 5.41) is 0. The van der Waals surface area contributed by atoms with E-state index in [9.17, 15) is 4.39 Å². The van der Waals surface area contributed by atoms with Crippen LogP contribution in [0.15, 0.2) is 35.9 Å². The second-order valence-corrected chi connectivity index (χ2v) is 8.79. The maximum absolute atomic E-state index is 13.3. The fraction of sp³-hybridized carbons (Fsp3) is 0.636. The number of allylic oxidation sites excluding steroid dienone is 1. The number of likely N-dealkylation sites (tertiary alicyclic amines) is 1. The van der Waals surface area contributed by atoms with Gasteiger partial charge in [-0.2, -0.15) is 0 Å². The van der Waals surface area contributed by atoms with E-state index in [2.05, 4.69) is 50.5 Å². The van der Waals surface area contributed by atoms with Gasteiger partial charge in [0.05, 0.1) is 0 Å². The smallest absolute Gasteiger partial charge is 0.123 e. The molecule has 0 saturated carbocycles. The molecule has 1 aliphatic heterocycles. The molecule has 3 heteroatoms. The fourth-order valence-corrected chi connectivity index (χ4v) is 3.33. The Kier molecular flexibility index (Phi) is 7.06. The van der Waals surface area contributed by atoms with Crippen molar-refractivity contribution in [1.82, 2.24) is 4.90 Å². The van der Waals surface area contributed by atoms with Crippen molar-refractivity contribution in [2.24, 2.45) is 5.41 Å². The number of benzene rings is 1. The van der Waals surface area contributed by atoms with Gasteiger partial charge in [0.2, 0.25) is 0 Å². The summed E-state index contributed by atoms with van der Waals surface area (Å²) >= 11 is 0. The lowest BCUT2D eigenvalue weighted by Crippen LogP contribution is -2.45. The molecule has 0 spiro atoms. The van der Waals surface area contributed by atoms with Crippen LogP contribution < -0.4 is 4.90 Å². The van der Waals surface area contributed by atoms with Crippen LogP contribution in [0.25, 0.3) is 0 Å². The number of halogens is 1. The van der Waals surface area contributed by atoms with Gasteiger partial charge in [-0.3, -0.25) is 0 Å². The predicted octanol–water partition coefficient (Wildman–Crippen LogP) is 5.50. The van der Waals surface area contributed by atoms with Crippen molar-refractivity contribution in [2.75, 3.05) is 31.1 Å².